The summed E-state index contributed by atoms with van der Waals surface area (Å²) in [7, 11) is 0. The van der Waals surface area contributed by atoms with Crippen LogP contribution >= 0.6 is 11.8 Å². The number of hydrogen-bond donors (Lipinski definition) is 0. The van der Waals surface area contributed by atoms with Gasteiger partial charge in [-0.15, -0.1) is 10.2 Å². The number of furan rings is 1. The maximum absolute atomic E-state index is 8.80. The Balaban J connectivity index is 2.34. The molecule has 0 fully saturated rings. The van der Waals surface area contributed by atoms with Crippen LogP contribution in [-0.2, 0) is 6.54 Å². The van der Waals surface area contributed by atoms with Crippen LogP contribution in [0.2, 0.25) is 0 Å². The molecule has 0 spiro atoms. The predicted octanol–water partition coefficient (Wildman–Crippen LogP) is 2.56. The highest BCUT2D eigenvalue weighted by atomic mass is 32.2. The van der Waals surface area contributed by atoms with Crippen LogP contribution in [0.1, 0.15) is 13.8 Å². The van der Waals surface area contributed by atoms with Crippen molar-refractivity contribution in [2.75, 3.05) is 0 Å². The Morgan fingerprint density at radius 2 is 2.41 bits per heavy atom. The summed E-state index contributed by atoms with van der Waals surface area (Å²) >= 11 is 1.40. The van der Waals surface area contributed by atoms with E-state index >= 15 is 0 Å². The minimum Gasteiger partial charge on any atom is -0.461 e. The maximum Gasteiger partial charge on any atom is 0.200 e. The van der Waals surface area contributed by atoms with E-state index in [0.29, 0.717) is 11.6 Å². The van der Waals surface area contributed by atoms with Gasteiger partial charge in [0.1, 0.15) is 0 Å². The van der Waals surface area contributed by atoms with Crippen molar-refractivity contribution in [2.24, 2.45) is 0 Å². The smallest absolute Gasteiger partial charge is 0.200 e. The average Bonchev–Trinajstić information content (AvgIpc) is 2.96. The van der Waals surface area contributed by atoms with E-state index in [1.54, 1.807) is 6.26 Å². The van der Waals surface area contributed by atoms with E-state index in [2.05, 4.69) is 16.3 Å². The SMILES string of the molecule is CCn1c(S[C@H](C)C#N)nnc1-c1ccco1. The van der Waals surface area contributed by atoms with Gasteiger partial charge < -0.3 is 4.42 Å². The number of hydrogen-bond acceptors (Lipinski definition) is 5. The van der Waals surface area contributed by atoms with Gasteiger partial charge >= 0.3 is 0 Å². The Hall–Kier alpha value is -1.74. The minimum absolute atomic E-state index is 0.144. The number of rotatable bonds is 4. The maximum atomic E-state index is 8.80. The molecule has 0 unspecified atom stereocenters. The lowest BCUT2D eigenvalue weighted by Crippen LogP contribution is -2.01. The summed E-state index contributed by atoms with van der Waals surface area (Å²) in [5, 5.41) is 17.6. The van der Waals surface area contributed by atoms with Crippen molar-refractivity contribution in [3.8, 4) is 17.7 Å². The van der Waals surface area contributed by atoms with E-state index in [1.807, 2.05) is 30.5 Å². The number of aromatic nitrogens is 3. The van der Waals surface area contributed by atoms with Crippen LogP contribution in [0.3, 0.4) is 0 Å². The van der Waals surface area contributed by atoms with E-state index in [9.17, 15) is 0 Å². The largest absolute Gasteiger partial charge is 0.461 e. The highest BCUT2D eigenvalue weighted by Crippen LogP contribution is 2.26. The summed E-state index contributed by atoms with van der Waals surface area (Å²) in [4.78, 5) is 0. The fraction of sp³-hybridized carbons (Fsp3) is 0.364. The van der Waals surface area contributed by atoms with Gasteiger partial charge in [0.25, 0.3) is 0 Å². The van der Waals surface area contributed by atoms with Crippen LogP contribution in [0.4, 0.5) is 0 Å². The Kier molecular flexibility index (Phi) is 3.49. The molecule has 0 saturated heterocycles. The average molecular weight is 248 g/mol. The van der Waals surface area contributed by atoms with Gasteiger partial charge in [-0.3, -0.25) is 4.57 Å². The Bertz CT molecular complexity index is 526. The van der Waals surface area contributed by atoms with Crippen molar-refractivity contribution >= 4 is 11.8 Å². The van der Waals surface area contributed by atoms with Gasteiger partial charge in [-0.1, -0.05) is 11.8 Å². The Labute approximate surface area is 103 Å². The monoisotopic (exact) mass is 248 g/mol. The Morgan fingerprint density at radius 3 is 3.00 bits per heavy atom. The summed E-state index contributed by atoms with van der Waals surface area (Å²) in [5.74, 6) is 1.39. The summed E-state index contributed by atoms with van der Waals surface area (Å²) in [5.41, 5.74) is 0. The zero-order valence-electron chi connectivity index (χ0n) is 9.62. The van der Waals surface area contributed by atoms with Crippen LogP contribution in [0, 0.1) is 11.3 Å². The summed E-state index contributed by atoms with van der Waals surface area (Å²) in [6.45, 7) is 4.59. The van der Waals surface area contributed by atoms with Gasteiger partial charge in [-0.05, 0) is 26.0 Å². The highest BCUT2D eigenvalue weighted by molar-refractivity contribution is 8.00. The third-order valence-electron chi connectivity index (χ3n) is 2.24. The van der Waals surface area contributed by atoms with E-state index < -0.39 is 0 Å². The first-order valence-electron chi connectivity index (χ1n) is 5.29. The van der Waals surface area contributed by atoms with Crippen molar-refractivity contribution in [2.45, 2.75) is 30.8 Å². The molecule has 2 aromatic heterocycles. The van der Waals surface area contributed by atoms with Gasteiger partial charge in [-0.2, -0.15) is 5.26 Å². The van der Waals surface area contributed by atoms with Gasteiger partial charge in [0.2, 0.25) is 0 Å². The molecule has 1 atom stereocenters. The first kappa shape index (κ1) is 11.7. The Morgan fingerprint density at radius 1 is 1.59 bits per heavy atom. The van der Waals surface area contributed by atoms with Crippen molar-refractivity contribution < 1.29 is 4.42 Å². The molecule has 2 heterocycles. The molecule has 0 amide bonds. The van der Waals surface area contributed by atoms with Crippen LogP contribution in [-0.4, -0.2) is 20.0 Å². The van der Waals surface area contributed by atoms with Gasteiger partial charge in [0.15, 0.2) is 16.7 Å². The summed E-state index contributed by atoms with van der Waals surface area (Å²) < 4.78 is 7.25. The third kappa shape index (κ3) is 2.34. The second kappa shape index (κ2) is 5.06. The van der Waals surface area contributed by atoms with Crippen LogP contribution in [0.15, 0.2) is 28.0 Å². The molecule has 0 bridgehead atoms. The van der Waals surface area contributed by atoms with Crippen LogP contribution in [0.5, 0.6) is 0 Å². The lowest BCUT2D eigenvalue weighted by molar-refractivity contribution is 0.567. The summed E-state index contributed by atoms with van der Waals surface area (Å²) in [6, 6.07) is 5.83. The van der Waals surface area contributed by atoms with Gasteiger partial charge in [0.05, 0.1) is 17.6 Å². The molecule has 0 aromatic carbocycles. The zero-order chi connectivity index (χ0) is 12.3. The molecular weight excluding hydrogens is 236 g/mol. The molecule has 0 aliphatic rings. The van der Waals surface area contributed by atoms with Gasteiger partial charge in [0, 0.05) is 6.54 Å². The molecule has 0 aliphatic heterocycles. The summed E-state index contributed by atoms with van der Waals surface area (Å²) in [6.07, 6.45) is 1.61. The predicted molar refractivity (Wildman–Crippen MR) is 64.3 cm³/mol. The van der Waals surface area contributed by atoms with Crippen molar-refractivity contribution in [3.63, 3.8) is 0 Å². The first-order valence-corrected chi connectivity index (χ1v) is 6.17. The topological polar surface area (TPSA) is 67.6 Å². The normalized spacial score (nSPS) is 12.3. The van der Waals surface area contributed by atoms with E-state index in [0.717, 1.165) is 11.7 Å². The first-order chi connectivity index (χ1) is 8.26. The molecule has 5 nitrogen and oxygen atoms in total. The molecule has 0 aliphatic carbocycles. The molecule has 0 saturated carbocycles. The van der Waals surface area contributed by atoms with E-state index in [4.69, 9.17) is 9.68 Å². The second-order valence-corrected chi connectivity index (χ2v) is 4.72. The molecular formula is C11H12N4OS. The number of nitrogens with zero attached hydrogens (tertiary/aromatic N) is 4. The highest BCUT2D eigenvalue weighted by Gasteiger charge is 2.16. The standard InChI is InChI=1S/C11H12N4OS/c1-3-15-10(9-5-4-6-16-9)13-14-11(15)17-8(2)7-12/h4-6,8H,3H2,1-2H3/t8-/m1/s1. The number of thioether (sulfide) groups is 1. The van der Waals surface area contributed by atoms with E-state index in [-0.39, 0.29) is 5.25 Å². The fourth-order valence-electron chi connectivity index (χ4n) is 1.43. The lowest BCUT2D eigenvalue weighted by Gasteiger charge is -2.05. The number of nitriles is 1. The zero-order valence-corrected chi connectivity index (χ0v) is 10.4. The van der Waals surface area contributed by atoms with Crippen molar-refractivity contribution in [1.29, 1.82) is 5.26 Å². The fourth-order valence-corrected chi connectivity index (χ4v) is 2.23. The van der Waals surface area contributed by atoms with E-state index in [1.165, 1.54) is 11.8 Å². The molecule has 6 heteroatoms. The lowest BCUT2D eigenvalue weighted by atomic mass is 10.4. The quantitative estimate of drug-likeness (QED) is 0.778. The van der Waals surface area contributed by atoms with Crippen LogP contribution in [0.25, 0.3) is 11.6 Å². The second-order valence-electron chi connectivity index (χ2n) is 3.42. The molecule has 0 radical (unpaired) electrons. The van der Waals surface area contributed by atoms with Crippen LogP contribution < -0.4 is 0 Å². The van der Waals surface area contributed by atoms with Crippen molar-refractivity contribution in [1.82, 2.24) is 14.8 Å². The van der Waals surface area contributed by atoms with Crippen molar-refractivity contribution in [3.05, 3.63) is 18.4 Å². The van der Waals surface area contributed by atoms with Gasteiger partial charge in [-0.25, -0.2) is 0 Å². The molecule has 88 valence electrons. The molecule has 17 heavy (non-hydrogen) atoms. The minimum atomic E-state index is -0.144. The molecule has 2 aromatic rings. The third-order valence-corrected chi connectivity index (χ3v) is 3.21. The molecule has 2 rings (SSSR count). The molecule has 0 N–H and O–H groups in total.